The first-order valence-electron chi connectivity index (χ1n) is 10.9. The molecular weight excluding hydrogens is 382 g/mol. The van der Waals surface area contributed by atoms with Gasteiger partial charge in [-0.1, -0.05) is 0 Å². The second-order valence-electron chi connectivity index (χ2n) is 9.53. The molecule has 4 fully saturated rings. The number of hydrogen-bond acceptors (Lipinski definition) is 5. The number of urea groups is 1. The predicted molar refractivity (Wildman–Crippen MR) is 115 cm³/mol. The molecule has 0 unspecified atom stereocenters. The maximum Gasteiger partial charge on any atom is 0.321 e. The van der Waals surface area contributed by atoms with Gasteiger partial charge in [0.15, 0.2) is 11.5 Å². The molecule has 0 aliphatic heterocycles. The molecule has 5 rings (SSSR count). The summed E-state index contributed by atoms with van der Waals surface area (Å²) >= 11 is 0. The molecule has 0 aromatic heterocycles. The fourth-order valence-electron chi connectivity index (χ4n) is 6.19. The molecule has 4 saturated carbocycles. The Morgan fingerprint density at radius 2 is 1.53 bits per heavy atom. The number of carbonyl (C=O) groups is 2. The molecule has 1 aromatic carbocycles. The van der Waals surface area contributed by atoms with Gasteiger partial charge in [0.1, 0.15) is 6.04 Å². The number of rotatable bonds is 6. The van der Waals surface area contributed by atoms with Gasteiger partial charge in [0.05, 0.1) is 14.2 Å². The molecule has 3 amide bonds. The van der Waals surface area contributed by atoms with Crippen molar-refractivity contribution in [3.05, 3.63) is 17.7 Å². The van der Waals surface area contributed by atoms with Gasteiger partial charge in [-0.3, -0.25) is 10.1 Å². The fourth-order valence-corrected chi connectivity index (χ4v) is 6.19. The second kappa shape index (κ2) is 8.00. The van der Waals surface area contributed by atoms with Crippen LogP contribution >= 0.6 is 0 Å². The molecule has 0 spiro atoms. The lowest BCUT2D eigenvalue weighted by molar-refractivity contribution is -0.120. The molecule has 30 heavy (non-hydrogen) atoms. The van der Waals surface area contributed by atoms with E-state index in [1.165, 1.54) is 19.3 Å². The number of benzene rings is 1. The van der Waals surface area contributed by atoms with Gasteiger partial charge >= 0.3 is 6.03 Å². The Morgan fingerprint density at radius 3 is 2.07 bits per heavy atom. The van der Waals surface area contributed by atoms with Crippen molar-refractivity contribution >= 4 is 17.6 Å². The third-order valence-corrected chi connectivity index (χ3v) is 7.15. The first-order valence-corrected chi connectivity index (χ1v) is 10.9. The largest absolute Gasteiger partial charge is 0.493 e. The highest BCUT2D eigenvalue weighted by molar-refractivity contribution is 5.98. The summed E-state index contributed by atoms with van der Waals surface area (Å²) in [6.45, 7) is 3.66. The summed E-state index contributed by atoms with van der Waals surface area (Å²) in [6, 6.07) is 2.70. The molecule has 0 heterocycles. The second-order valence-corrected chi connectivity index (χ2v) is 9.53. The summed E-state index contributed by atoms with van der Waals surface area (Å²) in [7, 11) is 3.16. The van der Waals surface area contributed by atoms with Crippen molar-refractivity contribution in [1.29, 1.82) is 0 Å². The summed E-state index contributed by atoms with van der Waals surface area (Å²) in [5, 5.41) is 8.90. The number of nitrogens with one attached hydrogen (secondary N) is 3. The zero-order valence-electron chi connectivity index (χ0n) is 18.3. The fraction of sp³-hybridized carbons (Fsp3) is 0.652. The maximum absolute atomic E-state index is 12.6. The number of imide groups is 1. The number of ether oxygens (including phenoxy) is 2. The zero-order valence-corrected chi connectivity index (χ0v) is 18.3. The van der Waals surface area contributed by atoms with Crippen molar-refractivity contribution in [2.45, 2.75) is 64.0 Å². The summed E-state index contributed by atoms with van der Waals surface area (Å²) in [5.41, 5.74) is 1.57. The van der Waals surface area contributed by atoms with Crippen molar-refractivity contribution in [2.24, 2.45) is 17.8 Å². The van der Waals surface area contributed by atoms with Crippen LogP contribution in [0.2, 0.25) is 0 Å². The van der Waals surface area contributed by atoms with E-state index in [0.29, 0.717) is 11.5 Å². The Hall–Kier alpha value is -2.44. The van der Waals surface area contributed by atoms with Gasteiger partial charge in [0.25, 0.3) is 0 Å². The molecule has 4 aliphatic rings. The summed E-state index contributed by atoms with van der Waals surface area (Å²) in [6.07, 6.45) is 7.10. The molecule has 1 aromatic rings. The van der Waals surface area contributed by atoms with Crippen molar-refractivity contribution in [1.82, 2.24) is 10.6 Å². The number of hydrogen-bond donors (Lipinski definition) is 3. The minimum atomic E-state index is -0.580. The van der Waals surface area contributed by atoms with Crippen LogP contribution in [0.1, 0.15) is 51.0 Å². The van der Waals surface area contributed by atoms with E-state index in [4.69, 9.17) is 9.47 Å². The lowest BCUT2D eigenvalue weighted by atomic mass is 9.53. The van der Waals surface area contributed by atoms with Gasteiger partial charge in [-0.15, -0.1) is 0 Å². The first-order chi connectivity index (χ1) is 14.3. The van der Waals surface area contributed by atoms with Crippen LogP contribution in [0.25, 0.3) is 0 Å². The molecule has 4 bridgehead atoms. The predicted octanol–water partition coefficient (Wildman–Crippen LogP) is 3.61. The molecule has 1 atom stereocenters. The van der Waals surface area contributed by atoms with Gasteiger partial charge in [-0.2, -0.15) is 0 Å². The highest BCUT2D eigenvalue weighted by Gasteiger charge is 2.51. The van der Waals surface area contributed by atoms with Crippen molar-refractivity contribution in [3.8, 4) is 11.5 Å². The molecule has 0 saturated heterocycles. The number of amides is 3. The Balaban J connectivity index is 1.35. The van der Waals surface area contributed by atoms with Crippen LogP contribution in [0.4, 0.5) is 10.5 Å². The Kier molecular flexibility index (Phi) is 5.55. The smallest absolute Gasteiger partial charge is 0.321 e. The van der Waals surface area contributed by atoms with Crippen LogP contribution in [0.5, 0.6) is 11.5 Å². The van der Waals surface area contributed by atoms with Crippen LogP contribution in [0.15, 0.2) is 12.1 Å². The minimum Gasteiger partial charge on any atom is -0.493 e. The van der Waals surface area contributed by atoms with E-state index in [0.717, 1.165) is 48.3 Å². The third-order valence-electron chi connectivity index (χ3n) is 7.15. The highest BCUT2D eigenvalue weighted by atomic mass is 16.5. The van der Waals surface area contributed by atoms with Gasteiger partial charge in [-0.05, 0) is 81.8 Å². The topological polar surface area (TPSA) is 88.7 Å². The molecule has 7 nitrogen and oxygen atoms in total. The Morgan fingerprint density at radius 1 is 1.00 bits per heavy atom. The number of anilines is 1. The molecule has 3 N–H and O–H groups in total. The summed E-state index contributed by atoms with van der Waals surface area (Å²) in [5.74, 6) is 3.07. The normalized spacial score (nSPS) is 29.8. The Labute approximate surface area is 178 Å². The summed E-state index contributed by atoms with van der Waals surface area (Å²) < 4.78 is 10.7. The quantitative estimate of drug-likeness (QED) is 0.661. The minimum absolute atomic E-state index is 0.115. The zero-order chi connectivity index (χ0) is 21.5. The molecule has 7 heteroatoms. The molecule has 0 radical (unpaired) electrons. The molecular formula is C23H33N3O4. The van der Waals surface area contributed by atoms with E-state index in [-0.39, 0.29) is 17.5 Å². The lowest BCUT2D eigenvalue weighted by Gasteiger charge is -2.56. The highest BCUT2D eigenvalue weighted by Crippen LogP contribution is 2.55. The number of methoxy groups -OCH3 is 2. The van der Waals surface area contributed by atoms with Crippen LogP contribution in [-0.4, -0.2) is 37.7 Å². The Bertz CT molecular complexity index is 803. The van der Waals surface area contributed by atoms with Crippen molar-refractivity contribution < 1.29 is 19.1 Å². The van der Waals surface area contributed by atoms with E-state index >= 15 is 0 Å². The maximum atomic E-state index is 12.6. The SMILES string of the molecule is COc1cc(C)c(N[C@H](C)C(=O)NC(=O)NC23CC4CC(CC(C4)C2)C3)cc1OC. The third kappa shape index (κ3) is 4.07. The van der Waals surface area contributed by atoms with Crippen LogP contribution in [0.3, 0.4) is 0 Å². The monoisotopic (exact) mass is 415 g/mol. The van der Waals surface area contributed by atoms with Gasteiger partial charge < -0.3 is 20.1 Å². The van der Waals surface area contributed by atoms with Crippen molar-refractivity contribution in [2.75, 3.05) is 19.5 Å². The van der Waals surface area contributed by atoms with Gasteiger partial charge in [0.2, 0.25) is 5.91 Å². The van der Waals surface area contributed by atoms with Gasteiger partial charge in [-0.25, -0.2) is 4.79 Å². The van der Waals surface area contributed by atoms with E-state index in [2.05, 4.69) is 16.0 Å². The summed E-state index contributed by atoms with van der Waals surface area (Å²) in [4.78, 5) is 25.3. The average Bonchev–Trinajstić information content (AvgIpc) is 2.67. The number of aryl methyl sites for hydroxylation is 1. The van der Waals surface area contributed by atoms with Crippen LogP contribution in [0, 0.1) is 24.7 Å². The number of carbonyl (C=O) groups excluding carboxylic acids is 2. The standard InChI is InChI=1S/C23H33N3O4/c1-13-5-19(29-3)20(30-4)9-18(13)24-14(2)21(27)25-22(28)26-23-10-15-6-16(11-23)8-17(7-15)12-23/h5,9,14-17,24H,6-8,10-12H2,1-4H3,(H2,25,26,27,28)/t14-,15?,16?,17?,23?/m1/s1. The van der Waals surface area contributed by atoms with Gasteiger partial charge in [0, 0.05) is 17.3 Å². The lowest BCUT2D eigenvalue weighted by Crippen LogP contribution is -2.62. The average molecular weight is 416 g/mol. The van der Waals surface area contributed by atoms with E-state index in [9.17, 15) is 9.59 Å². The molecule has 164 valence electrons. The van der Waals surface area contributed by atoms with E-state index in [1.54, 1.807) is 27.2 Å². The van der Waals surface area contributed by atoms with Crippen molar-refractivity contribution in [3.63, 3.8) is 0 Å². The molecule has 4 aliphatic carbocycles. The van der Waals surface area contributed by atoms with E-state index in [1.807, 2.05) is 13.0 Å². The van der Waals surface area contributed by atoms with Crippen LogP contribution in [-0.2, 0) is 4.79 Å². The van der Waals surface area contributed by atoms with Crippen LogP contribution < -0.4 is 25.4 Å². The van der Waals surface area contributed by atoms with E-state index < -0.39 is 6.04 Å². The first kappa shape index (κ1) is 20.8.